The minimum atomic E-state index is 0.687. The molecular formula is C14H25N3S. The van der Waals surface area contributed by atoms with Crippen molar-refractivity contribution in [3.05, 3.63) is 11.1 Å². The molecule has 1 N–H and O–H groups in total. The maximum Gasteiger partial charge on any atom is 0.185 e. The molecule has 0 bridgehead atoms. The summed E-state index contributed by atoms with van der Waals surface area (Å²) in [7, 11) is 2.21. The van der Waals surface area contributed by atoms with Crippen LogP contribution in [0.2, 0.25) is 0 Å². The van der Waals surface area contributed by atoms with Crippen LogP contribution < -0.4 is 10.2 Å². The van der Waals surface area contributed by atoms with Crippen molar-refractivity contribution in [2.24, 2.45) is 5.92 Å². The second-order valence-electron chi connectivity index (χ2n) is 5.44. The van der Waals surface area contributed by atoms with E-state index in [4.69, 9.17) is 4.98 Å². The summed E-state index contributed by atoms with van der Waals surface area (Å²) in [5.74, 6) is 0.868. The van der Waals surface area contributed by atoms with Gasteiger partial charge in [-0.15, -0.1) is 11.3 Å². The first kappa shape index (κ1) is 13.8. The molecule has 0 aromatic carbocycles. The van der Waals surface area contributed by atoms with Crippen LogP contribution in [0.4, 0.5) is 5.13 Å². The zero-order valence-corrected chi connectivity index (χ0v) is 12.6. The third-order valence-electron chi connectivity index (χ3n) is 3.85. The Morgan fingerprint density at radius 2 is 2.33 bits per heavy atom. The molecule has 0 saturated heterocycles. The van der Waals surface area contributed by atoms with E-state index in [9.17, 15) is 0 Å². The van der Waals surface area contributed by atoms with Crippen molar-refractivity contribution in [3.63, 3.8) is 0 Å². The molecule has 18 heavy (non-hydrogen) atoms. The number of thiazole rings is 1. The van der Waals surface area contributed by atoms with Gasteiger partial charge in [0.15, 0.2) is 5.13 Å². The average molecular weight is 267 g/mol. The van der Waals surface area contributed by atoms with Crippen molar-refractivity contribution in [1.29, 1.82) is 0 Å². The predicted octanol–water partition coefficient (Wildman–Crippen LogP) is 3.27. The molecular weight excluding hydrogens is 242 g/mol. The van der Waals surface area contributed by atoms with Gasteiger partial charge in [-0.25, -0.2) is 4.98 Å². The lowest BCUT2D eigenvalue weighted by molar-refractivity contribution is 0.336. The highest BCUT2D eigenvalue weighted by atomic mass is 32.1. The summed E-state index contributed by atoms with van der Waals surface area (Å²) in [5.41, 5.74) is 1.17. The number of aromatic nitrogens is 1. The third kappa shape index (κ3) is 3.45. The van der Waals surface area contributed by atoms with Crippen LogP contribution in [0.1, 0.15) is 45.2 Å². The Hall–Kier alpha value is -0.610. The molecule has 2 atom stereocenters. The fraction of sp³-hybridized carbons (Fsp3) is 0.786. The van der Waals surface area contributed by atoms with Crippen LogP contribution in [0.25, 0.3) is 0 Å². The van der Waals surface area contributed by atoms with E-state index >= 15 is 0 Å². The molecule has 1 aliphatic rings. The Morgan fingerprint density at radius 1 is 1.50 bits per heavy atom. The molecule has 2 unspecified atom stereocenters. The second-order valence-corrected chi connectivity index (χ2v) is 6.27. The van der Waals surface area contributed by atoms with E-state index in [-0.39, 0.29) is 0 Å². The van der Waals surface area contributed by atoms with Crippen molar-refractivity contribution in [3.8, 4) is 0 Å². The summed E-state index contributed by atoms with van der Waals surface area (Å²) in [6, 6.07) is 0.687. The fourth-order valence-corrected chi connectivity index (χ4v) is 3.57. The monoisotopic (exact) mass is 267 g/mol. The molecule has 1 aromatic rings. The Labute approximate surface area is 115 Å². The van der Waals surface area contributed by atoms with Gasteiger partial charge in [0.25, 0.3) is 0 Å². The molecule has 1 aliphatic carbocycles. The molecule has 1 heterocycles. The largest absolute Gasteiger partial charge is 0.348 e. The average Bonchev–Trinajstić information content (AvgIpc) is 2.84. The Bertz CT molecular complexity index is 364. The quantitative estimate of drug-likeness (QED) is 0.887. The van der Waals surface area contributed by atoms with E-state index in [0.717, 1.165) is 19.0 Å². The van der Waals surface area contributed by atoms with Crippen LogP contribution in [-0.2, 0) is 6.54 Å². The first-order valence-corrected chi connectivity index (χ1v) is 7.96. The van der Waals surface area contributed by atoms with Gasteiger partial charge in [-0.05, 0) is 25.3 Å². The van der Waals surface area contributed by atoms with Gasteiger partial charge in [0.2, 0.25) is 0 Å². The molecule has 2 rings (SSSR count). The molecule has 4 heteroatoms. The predicted molar refractivity (Wildman–Crippen MR) is 79.3 cm³/mol. The van der Waals surface area contributed by atoms with Crippen LogP contribution in [0.3, 0.4) is 0 Å². The van der Waals surface area contributed by atoms with E-state index in [0.29, 0.717) is 6.04 Å². The summed E-state index contributed by atoms with van der Waals surface area (Å²) < 4.78 is 0. The summed E-state index contributed by atoms with van der Waals surface area (Å²) in [6.45, 7) is 6.39. The van der Waals surface area contributed by atoms with Gasteiger partial charge in [-0.1, -0.05) is 26.7 Å². The third-order valence-corrected chi connectivity index (χ3v) is 4.83. The minimum absolute atomic E-state index is 0.687. The minimum Gasteiger partial charge on any atom is -0.348 e. The highest BCUT2D eigenvalue weighted by Crippen LogP contribution is 2.30. The zero-order chi connectivity index (χ0) is 13.0. The maximum absolute atomic E-state index is 4.73. The molecule has 0 amide bonds. The molecule has 102 valence electrons. The Morgan fingerprint density at radius 3 is 3.06 bits per heavy atom. The van der Waals surface area contributed by atoms with Gasteiger partial charge in [0.1, 0.15) is 0 Å². The van der Waals surface area contributed by atoms with E-state index in [1.807, 2.05) is 0 Å². The molecule has 0 spiro atoms. The van der Waals surface area contributed by atoms with Crippen molar-refractivity contribution >= 4 is 16.5 Å². The first-order valence-electron chi connectivity index (χ1n) is 7.08. The van der Waals surface area contributed by atoms with Crippen molar-refractivity contribution in [2.75, 3.05) is 18.5 Å². The van der Waals surface area contributed by atoms with Crippen LogP contribution in [0.15, 0.2) is 5.38 Å². The zero-order valence-electron chi connectivity index (χ0n) is 11.8. The SMILES string of the molecule is CCNCc1csc(N(C)C2CCCC(C)C2)n1. The maximum atomic E-state index is 4.73. The lowest BCUT2D eigenvalue weighted by Gasteiger charge is -2.33. The van der Waals surface area contributed by atoms with Crippen molar-refractivity contribution in [2.45, 2.75) is 52.1 Å². The molecule has 1 fully saturated rings. The standard InChI is InChI=1S/C14H25N3S/c1-4-15-9-12-10-18-14(16-12)17(3)13-7-5-6-11(2)8-13/h10-11,13,15H,4-9H2,1-3H3. The van der Waals surface area contributed by atoms with E-state index in [2.05, 4.69) is 36.5 Å². The summed E-state index contributed by atoms with van der Waals surface area (Å²) in [6.07, 6.45) is 5.40. The topological polar surface area (TPSA) is 28.2 Å². The lowest BCUT2D eigenvalue weighted by Crippen LogP contribution is -2.35. The molecule has 0 aliphatic heterocycles. The highest BCUT2D eigenvalue weighted by molar-refractivity contribution is 7.13. The number of rotatable bonds is 5. The molecule has 1 aromatic heterocycles. The highest BCUT2D eigenvalue weighted by Gasteiger charge is 2.23. The summed E-state index contributed by atoms with van der Waals surface area (Å²) in [5, 5.41) is 6.69. The number of nitrogens with one attached hydrogen (secondary N) is 1. The molecule has 1 saturated carbocycles. The van der Waals surface area contributed by atoms with Crippen molar-refractivity contribution < 1.29 is 0 Å². The van der Waals surface area contributed by atoms with Gasteiger partial charge in [0, 0.05) is 25.0 Å². The van der Waals surface area contributed by atoms with Gasteiger partial charge >= 0.3 is 0 Å². The van der Waals surface area contributed by atoms with E-state index in [1.54, 1.807) is 11.3 Å². The van der Waals surface area contributed by atoms with Gasteiger partial charge in [-0.2, -0.15) is 0 Å². The van der Waals surface area contributed by atoms with Gasteiger partial charge in [0.05, 0.1) is 5.69 Å². The van der Waals surface area contributed by atoms with E-state index in [1.165, 1.54) is 36.5 Å². The molecule has 0 radical (unpaired) electrons. The summed E-state index contributed by atoms with van der Waals surface area (Å²) >= 11 is 1.78. The Kier molecular flexibility index (Phi) is 5.01. The van der Waals surface area contributed by atoms with Crippen LogP contribution in [0.5, 0.6) is 0 Å². The van der Waals surface area contributed by atoms with Gasteiger partial charge < -0.3 is 10.2 Å². The van der Waals surface area contributed by atoms with Crippen LogP contribution in [-0.4, -0.2) is 24.6 Å². The smallest absolute Gasteiger partial charge is 0.185 e. The normalized spacial score (nSPS) is 24.2. The first-order chi connectivity index (χ1) is 8.70. The van der Waals surface area contributed by atoms with E-state index < -0.39 is 0 Å². The van der Waals surface area contributed by atoms with Crippen LogP contribution >= 0.6 is 11.3 Å². The Balaban J connectivity index is 1.95. The molecule has 3 nitrogen and oxygen atoms in total. The number of hydrogen-bond acceptors (Lipinski definition) is 4. The number of hydrogen-bond donors (Lipinski definition) is 1. The fourth-order valence-electron chi connectivity index (χ4n) is 2.70. The number of anilines is 1. The van der Waals surface area contributed by atoms with Gasteiger partial charge in [-0.3, -0.25) is 0 Å². The summed E-state index contributed by atoms with van der Waals surface area (Å²) in [4.78, 5) is 7.13. The lowest BCUT2D eigenvalue weighted by atomic mass is 9.86. The number of nitrogens with zero attached hydrogens (tertiary/aromatic N) is 2. The second kappa shape index (κ2) is 6.53. The van der Waals surface area contributed by atoms with Crippen molar-refractivity contribution in [1.82, 2.24) is 10.3 Å². The van der Waals surface area contributed by atoms with Crippen LogP contribution in [0, 0.1) is 5.92 Å².